The van der Waals surface area contributed by atoms with Crippen LogP contribution in [0, 0.1) is 0 Å². The molecule has 0 amide bonds. The molecule has 2 aliphatic heterocycles. The zero-order valence-electron chi connectivity index (χ0n) is 16.8. The van der Waals surface area contributed by atoms with Crippen LogP contribution < -0.4 is 10.5 Å². The van der Waals surface area contributed by atoms with Gasteiger partial charge in [-0.3, -0.25) is 19.2 Å². The Morgan fingerprint density at radius 1 is 0.964 bits per heavy atom. The summed E-state index contributed by atoms with van der Waals surface area (Å²) in [6.07, 6.45) is 8.74. The monoisotopic (exact) mass is 382 g/mol. The fraction of sp³-hybridized carbons (Fsp3) is 0.667. The zero-order valence-corrected chi connectivity index (χ0v) is 16.8. The Hall–Kier alpha value is -1.99. The summed E-state index contributed by atoms with van der Waals surface area (Å²) in [6, 6.07) is 4.99. The molecule has 3 fully saturated rings. The fourth-order valence-corrected chi connectivity index (χ4v) is 5.14. The van der Waals surface area contributed by atoms with Gasteiger partial charge in [0.2, 0.25) is 5.95 Å². The first-order valence-electron chi connectivity index (χ1n) is 10.8. The highest BCUT2D eigenvalue weighted by atomic mass is 16.1. The van der Waals surface area contributed by atoms with E-state index in [1.54, 1.807) is 22.9 Å². The highest BCUT2D eigenvalue weighted by Gasteiger charge is 2.36. The Labute approximate surface area is 166 Å². The highest BCUT2D eigenvalue weighted by molar-refractivity contribution is 5.74. The van der Waals surface area contributed by atoms with Crippen molar-refractivity contribution in [1.29, 1.82) is 0 Å². The number of rotatable bonds is 3. The van der Waals surface area contributed by atoms with Crippen molar-refractivity contribution in [2.45, 2.75) is 44.2 Å². The second-order valence-corrected chi connectivity index (χ2v) is 8.57. The van der Waals surface area contributed by atoms with Gasteiger partial charge in [0.1, 0.15) is 0 Å². The summed E-state index contributed by atoms with van der Waals surface area (Å²) < 4.78 is 1.67. The minimum absolute atomic E-state index is 0.0161. The van der Waals surface area contributed by atoms with Crippen LogP contribution in [0.25, 0.3) is 11.0 Å². The molecule has 3 aliphatic rings. The van der Waals surface area contributed by atoms with Crippen molar-refractivity contribution in [3.63, 3.8) is 0 Å². The van der Waals surface area contributed by atoms with Gasteiger partial charge in [-0.25, -0.2) is 4.98 Å². The number of pyridine rings is 1. The number of nitrogens with zero attached hydrogens (tertiary/aromatic N) is 6. The second-order valence-electron chi connectivity index (χ2n) is 8.57. The summed E-state index contributed by atoms with van der Waals surface area (Å²) in [5.74, 6) is 0.744. The lowest BCUT2D eigenvalue weighted by molar-refractivity contribution is 0.0484. The third-order valence-electron chi connectivity index (χ3n) is 6.93. The van der Waals surface area contributed by atoms with Crippen LogP contribution in [0.15, 0.2) is 23.1 Å². The average Bonchev–Trinajstić information content (AvgIpc) is 2.72. The molecule has 0 bridgehead atoms. The fourth-order valence-electron chi connectivity index (χ4n) is 5.14. The normalized spacial score (nSPS) is 23.2. The third-order valence-corrected chi connectivity index (χ3v) is 6.93. The molecule has 28 heavy (non-hydrogen) atoms. The Morgan fingerprint density at radius 2 is 1.64 bits per heavy atom. The van der Waals surface area contributed by atoms with Crippen LogP contribution >= 0.6 is 0 Å². The Kier molecular flexibility index (Phi) is 4.80. The van der Waals surface area contributed by atoms with Crippen LogP contribution in [-0.2, 0) is 7.05 Å². The van der Waals surface area contributed by atoms with Crippen molar-refractivity contribution in [1.82, 2.24) is 24.3 Å². The van der Waals surface area contributed by atoms with E-state index >= 15 is 0 Å². The van der Waals surface area contributed by atoms with Crippen LogP contribution in [0.1, 0.15) is 32.1 Å². The van der Waals surface area contributed by atoms with Crippen LogP contribution in [0.4, 0.5) is 5.95 Å². The quantitative estimate of drug-likeness (QED) is 0.801. The molecule has 1 aliphatic carbocycles. The van der Waals surface area contributed by atoms with Gasteiger partial charge in [0.25, 0.3) is 5.56 Å². The number of hydrogen-bond acceptors (Lipinski definition) is 6. The number of anilines is 1. The van der Waals surface area contributed by atoms with Crippen molar-refractivity contribution in [2.24, 2.45) is 7.05 Å². The molecule has 4 heterocycles. The first-order chi connectivity index (χ1) is 13.7. The van der Waals surface area contributed by atoms with Gasteiger partial charge in [-0.1, -0.05) is 19.3 Å². The predicted molar refractivity (Wildman–Crippen MR) is 111 cm³/mol. The average molecular weight is 383 g/mol. The molecule has 0 unspecified atom stereocenters. The first-order valence-corrected chi connectivity index (χ1v) is 10.8. The lowest BCUT2D eigenvalue weighted by atomic mass is 9.93. The lowest BCUT2D eigenvalue weighted by Crippen LogP contribution is -2.64. The molecular weight excluding hydrogens is 352 g/mol. The number of piperazine rings is 1. The maximum atomic E-state index is 12.6. The molecule has 0 spiro atoms. The Bertz CT molecular complexity index is 891. The summed E-state index contributed by atoms with van der Waals surface area (Å²) in [7, 11) is 1.81. The van der Waals surface area contributed by atoms with Crippen molar-refractivity contribution < 1.29 is 0 Å². The maximum Gasteiger partial charge on any atom is 0.264 e. The molecule has 0 atom stereocenters. The molecule has 2 aromatic rings. The summed E-state index contributed by atoms with van der Waals surface area (Å²) in [5.41, 5.74) is 0.530. The van der Waals surface area contributed by atoms with Crippen LogP contribution in [-0.4, -0.2) is 75.7 Å². The van der Waals surface area contributed by atoms with E-state index in [-0.39, 0.29) is 5.56 Å². The van der Waals surface area contributed by atoms with E-state index in [9.17, 15) is 4.79 Å². The van der Waals surface area contributed by atoms with E-state index in [0.29, 0.717) is 17.1 Å². The second kappa shape index (κ2) is 7.44. The van der Waals surface area contributed by atoms with Gasteiger partial charge < -0.3 is 4.90 Å². The molecule has 0 aromatic carbocycles. The standard InChI is InChI=1S/C21H30N6O/c1-24-20(28)18-8-5-9-22-19(18)23-21(24)27-14-17(15-27)26-12-10-25(11-13-26)16-6-3-2-4-7-16/h5,8-9,16-17H,2-4,6-7,10-15H2,1H3. The van der Waals surface area contributed by atoms with Gasteiger partial charge in [-0.2, -0.15) is 4.98 Å². The summed E-state index contributed by atoms with van der Waals surface area (Å²) >= 11 is 0. The predicted octanol–water partition coefficient (Wildman–Crippen LogP) is 1.47. The molecule has 7 heteroatoms. The van der Waals surface area contributed by atoms with E-state index in [2.05, 4.69) is 24.7 Å². The molecule has 2 saturated heterocycles. The van der Waals surface area contributed by atoms with Crippen LogP contribution in [0.5, 0.6) is 0 Å². The van der Waals surface area contributed by atoms with Crippen molar-refractivity contribution >= 4 is 17.0 Å². The van der Waals surface area contributed by atoms with E-state index < -0.39 is 0 Å². The van der Waals surface area contributed by atoms with Gasteiger partial charge in [0.15, 0.2) is 5.65 Å². The number of fused-ring (bicyclic) bond motifs is 1. The topological polar surface area (TPSA) is 57.5 Å². The van der Waals surface area contributed by atoms with Gasteiger partial charge in [0.05, 0.1) is 5.39 Å². The molecule has 0 N–H and O–H groups in total. The molecular formula is C21H30N6O. The third kappa shape index (κ3) is 3.20. The Balaban J connectivity index is 1.21. The highest BCUT2D eigenvalue weighted by Crippen LogP contribution is 2.26. The molecule has 7 nitrogen and oxygen atoms in total. The van der Waals surface area contributed by atoms with Gasteiger partial charge in [-0.15, -0.1) is 0 Å². The van der Waals surface area contributed by atoms with E-state index in [1.807, 2.05) is 7.05 Å². The lowest BCUT2D eigenvalue weighted by Gasteiger charge is -2.49. The smallest absolute Gasteiger partial charge is 0.264 e. The van der Waals surface area contributed by atoms with E-state index in [1.165, 1.54) is 58.3 Å². The SMILES string of the molecule is Cn1c(N2CC(N3CCN(C4CCCCC4)CC3)C2)nc2ncccc2c1=O. The number of hydrogen-bond donors (Lipinski definition) is 0. The van der Waals surface area contributed by atoms with Gasteiger partial charge >= 0.3 is 0 Å². The Morgan fingerprint density at radius 3 is 2.36 bits per heavy atom. The zero-order chi connectivity index (χ0) is 19.1. The molecule has 2 aromatic heterocycles. The van der Waals surface area contributed by atoms with E-state index in [4.69, 9.17) is 0 Å². The largest absolute Gasteiger partial charge is 0.339 e. The molecule has 0 radical (unpaired) electrons. The van der Waals surface area contributed by atoms with E-state index in [0.717, 1.165) is 25.1 Å². The minimum atomic E-state index is -0.0161. The summed E-state index contributed by atoms with van der Waals surface area (Å²) in [5, 5.41) is 0.588. The van der Waals surface area contributed by atoms with Gasteiger partial charge in [0, 0.05) is 64.6 Å². The minimum Gasteiger partial charge on any atom is -0.339 e. The first kappa shape index (κ1) is 18.1. The van der Waals surface area contributed by atoms with Crippen molar-refractivity contribution in [2.75, 3.05) is 44.2 Å². The molecule has 150 valence electrons. The summed E-state index contributed by atoms with van der Waals surface area (Å²) in [6.45, 7) is 6.64. The van der Waals surface area contributed by atoms with Crippen LogP contribution in [0.2, 0.25) is 0 Å². The van der Waals surface area contributed by atoms with Gasteiger partial charge in [-0.05, 0) is 25.0 Å². The summed E-state index contributed by atoms with van der Waals surface area (Å²) in [4.78, 5) is 29.1. The molecule has 5 rings (SSSR count). The molecule has 1 saturated carbocycles. The van der Waals surface area contributed by atoms with Crippen molar-refractivity contribution in [3.8, 4) is 0 Å². The van der Waals surface area contributed by atoms with Crippen molar-refractivity contribution in [3.05, 3.63) is 28.7 Å². The maximum absolute atomic E-state index is 12.6. The van der Waals surface area contributed by atoms with Crippen LogP contribution in [0.3, 0.4) is 0 Å². The number of aromatic nitrogens is 3.